The summed E-state index contributed by atoms with van der Waals surface area (Å²) in [5, 5.41) is 7.63. The number of rotatable bonds is 5. The molecule has 0 spiro atoms. The minimum absolute atomic E-state index is 0.217. The predicted octanol–water partition coefficient (Wildman–Crippen LogP) is 2.90. The number of aryl methyl sites for hydroxylation is 1. The molecule has 4 rings (SSSR count). The summed E-state index contributed by atoms with van der Waals surface area (Å²) in [5.41, 5.74) is 2.70. The number of fused-ring (bicyclic) bond motifs is 1. The van der Waals surface area contributed by atoms with E-state index in [9.17, 15) is 4.79 Å². The van der Waals surface area contributed by atoms with Crippen LogP contribution in [0.25, 0.3) is 16.8 Å². The van der Waals surface area contributed by atoms with Gasteiger partial charge in [0.25, 0.3) is 11.6 Å². The lowest BCUT2D eigenvalue weighted by Gasteiger charge is -2.09. The number of nitrogens with one attached hydrogen (secondary N) is 1. The molecule has 0 saturated carbocycles. The van der Waals surface area contributed by atoms with Gasteiger partial charge in [0.05, 0.1) is 23.2 Å². The average molecular weight is 347 g/mol. The average Bonchev–Trinajstić information content (AvgIpc) is 3.32. The van der Waals surface area contributed by atoms with E-state index in [1.807, 2.05) is 48.0 Å². The number of hydrogen-bond donors (Lipinski definition) is 1. The van der Waals surface area contributed by atoms with Crippen molar-refractivity contribution in [3.05, 3.63) is 72.1 Å². The Hall–Kier alpha value is -3.48. The third kappa shape index (κ3) is 2.95. The first-order chi connectivity index (χ1) is 12.8. The molecule has 1 amide bonds. The molecule has 0 atom stereocenters. The number of amides is 1. The highest BCUT2D eigenvalue weighted by molar-refractivity contribution is 5.96. The summed E-state index contributed by atoms with van der Waals surface area (Å²) in [6.07, 6.45) is 5.79. The number of aromatic nitrogens is 4. The fourth-order valence-corrected chi connectivity index (χ4v) is 2.81. The highest BCUT2D eigenvalue weighted by atomic mass is 16.5. The summed E-state index contributed by atoms with van der Waals surface area (Å²) in [6, 6.07) is 11.6. The van der Waals surface area contributed by atoms with Crippen LogP contribution in [0.15, 0.2) is 59.5 Å². The number of hydrogen-bond acceptors (Lipinski definition) is 5. The van der Waals surface area contributed by atoms with Gasteiger partial charge in [0.1, 0.15) is 5.82 Å². The summed E-state index contributed by atoms with van der Waals surface area (Å²) in [7, 11) is 0. The molecule has 3 heterocycles. The largest absolute Gasteiger partial charge is 0.345 e. The molecular weight excluding hydrogens is 330 g/mol. The zero-order valence-corrected chi connectivity index (χ0v) is 14.2. The molecule has 7 nitrogen and oxygen atoms in total. The molecule has 1 aromatic carbocycles. The van der Waals surface area contributed by atoms with Crippen LogP contribution in [0.3, 0.4) is 0 Å². The monoisotopic (exact) mass is 347 g/mol. The molecule has 0 aliphatic heterocycles. The molecule has 1 N–H and O–H groups in total. The lowest BCUT2D eigenvalue weighted by Crippen LogP contribution is -2.24. The van der Waals surface area contributed by atoms with E-state index in [1.54, 1.807) is 12.3 Å². The summed E-state index contributed by atoms with van der Waals surface area (Å²) in [5.74, 6) is 0.531. The lowest BCUT2D eigenvalue weighted by molar-refractivity contribution is 0.0949. The number of nitrogens with zero attached hydrogens (tertiary/aromatic N) is 4. The predicted molar refractivity (Wildman–Crippen MR) is 95.9 cm³/mol. The molecule has 4 aromatic rings. The van der Waals surface area contributed by atoms with E-state index in [0.29, 0.717) is 24.2 Å². The number of carbonyl (C=O) groups excluding carboxylic acids is 1. The van der Waals surface area contributed by atoms with Crippen molar-refractivity contribution in [2.24, 2.45) is 0 Å². The van der Waals surface area contributed by atoms with E-state index in [4.69, 9.17) is 4.52 Å². The van der Waals surface area contributed by atoms with Crippen molar-refractivity contribution >= 4 is 17.0 Å². The number of imidazole rings is 1. The van der Waals surface area contributed by atoms with E-state index < -0.39 is 0 Å². The molecule has 130 valence electrons. The second-order valence-electron chi connectivity index (χ2n) is 5.79. The van der Waals surface area contributed by atoms with Crippen molar-refractivity contribution in [1.29, 1.82) is 0 Å². The van der Waals surface area contributed by atoms with Crippen LogP contribution >= 0.6 is 0 Å². The van der Waals surface area contributed by atoms with Gasteiger partial charge >= 0.3 is 0 Å². The SMILES string of the molecule is CCc1noc2ncc(C(=O)NCc3nccn3-c3ccccc3)cc12. The third-order valence-electron chi connectivity index (χ3n) is 4.16. The Bertz CT molecular complexity index is 1050. The highest BCUT2D eigenvalue weighted by Gasteiger charge is 2.13. The molecule has 7 heteroatoms. The number of carbonyl (C=O) groups is 1. The van der Waals surface area contributed by atoms with Crippen LogP contribution in [0.1, 0.15) is 28.8 Å². The van der Waals surface area contributed by atoms with Gasteiger partial charge in [-0.1, -0.05) is 30.3 Å². The van der Waals surface area contributed by atoms with Crippen molar-refractivity contribution < 1.29 is 9.32 Å². The Morgan fingerprint density at radius 1 is 1.23 bits per heavy atom. The summed E-state index contributed by atoms with van der Waals surface area (Å²) in [6.45, 7) is 2.29. The van der Waals surface area contributed by atoms with Crippen LogP contribution in [0.2, 0.25) is 0 Å². The van der Waals surface area contributed by atoms with Gasteiger partial charge in [-0.15, -0.1) is 0 Å². The summed E-state index contributed by atoms with van der Waals surface area (Å²) >= 11 is 0. The van der Waals surface area contributed by atoms with E-state index in [0.717, 1.165) is 22.6 Å². The Morgan fingerprint density at radius 3 is 2.88 bits per heavy atom. The molecule has 0 aliphatic rings. The van der Waals surface area contributed by atoms with Crippen molar-refractivity contribution in [3.63, 3.8) is 0 Å². The molecular formula is C19H17N5O2. The number of benzene rings is 1. The van der Waals surface area contributed by atoms with E-state index in [-0.39, 0.29) is 5.91 Å². The van der Waals surface area contributed by atoms with Crippen LogP contribution in [0.4, 0.5) is 0 Å². The van der Waals surface area contributed by atoms with Gasteiger partial charge in [0, 0.05) is 24.3 Å². The van der Waals surface area contributed by atoms with Gasteiger partial charge in [-0.25, -0.2) is 9.97 Å². The first-order valence-electron chi connectivity index (χ1n) is 8.36. The van der Waals surface area contributed by atoms with Crippen LogP contribution in [-0.2, 0) is 13.0 Å². The maximum Gasteiger partial charge on any atom is 0.257 e. The molecule has 0 radical (unpaired) electrons. The van der Waals surface area contributed by atoms with Crippen LogP contribution in [0.5, 0.6) is 0 Å². The van der Waals surface area contributed by atoms with Crippen molar-refractivity contribution in [3.8, 4) is 5.69 Å². The molecule has 0 unspecified atom stereocenters. The lowest BCUT2D eigenvalue weighted by atomic mass is 10.1. The quantitative estimate of drug-likeness (QED) is 0.600. The third-order valence-corrected chi connectivity index (χ3v) is 4.16. The fourth-order valence-electron chi connectivity index (χ4n) is 2.81. The summed E-state index contributed by atoms with van der Waals surface area (Å²) < 4.78 is 7.09. The van der Waals surface area contributed by atoms with Gasteiger partial charge in [0.15, 0.2) is 0 Å². The Labute approximate surface area is 149 Å². The molecule has 0 saturated heterocycles. The number of pyridine rings is 1. The zero-order valence-electron chi connectivity index (χ0n) is 14.2. The zero-order chi connectivity index (χ0) is 17.9. The molecule has 0 bridgehead atoms. The maximum atomic E-state index is 12.5. The summed E-state index contributed by atoms with van der Waals surface area (Å²) in [4.78, 5) is 21.0. The molecule has 3 aromatic heterocycles. The minimum Gasteiger partial charge on any atom is -0.345 e. The molecule has 26 heavy (non-hydrogen) atoms. The van der Waals surface area contributed by atoms with Crippen LogP contribution < -0.4 is 5.32 Å². The van der Waals surface area contributed by atoms with Gasteiger partial charge in [-0.05, 0) is 24.6 Å². The second-order valence-corrected chi connectivity index (χ2v) is 5.79. The van der Waals surface area contributed by atoms with Crippen molar-refractivity contribution in [2.45, 2.75) is 19.9 Å². The van der Waals surface area contributed by atoms with Gasteiger partial charge in [-0.3, -0.25) is 4.79 Å². The topological polar surface area (TPSA) is 85.8 Å². The maximum absolute atomic E-state index is 12.5. The standard InChI is InChI=1S/C19H17N5O2/c1-2-16-15-10-13(11-22-19(15)26-23-16)18(25)21-12-17-20-8-9-24(17)14-6-4-3-5-7-14/h3-11H,2,12H2,1H3,(H,21,25). The molecule has 0 fully saturated rings. The first-order valence-corrected chi connectivity index (χ1v) is 8.36. The van der Waals surface area contributed by atoms with Gasteiger partial charge in [0.2, 0.25) is 0 Å². The van der Waals surface area contributed by atoms with Crippen molar-refractivity contribution in [1.82, 2.24) is 25.0 Å². The smallest absolute Gasteiger partial charge is 0.257 e. The van der Waals surface area contributed by atoms with E-state index >= 15 is 0 Å². The first kappa shape index (κ1) is 16.0. The van der Waals surface area contributed by atoms with E-state index in [1.165, 1.54) is 6.20 Å². The fraction of sp³-hybridized carbons (Fsp3) is 0.158. The normalized spacial score (nSPS) is 11.0. The highest BCUT2D eigenvalue weighted by Crippen LogP contribution is 2.18. The van der Waals surface area contributed by atoms with Crippen LogP contribution in [0, 0.1) is 0 Å². The second kappa shape index (κ2) is 6.79. The van der Waals surface area contributed by atoms with Crippen LogP contribution in [-0.4, -0.2) is 25.6 Å². The Kier molecular flexibility index (Phi) is 4.18. The van der Waals surface area contributed by atoms with Gasteiger partial charge < -0.3 is 14.4 Å². The minimum atomic E-state index is -0.217. The Morgan fingerprint density at radius 2 is 2.08 bits per heavy atom. The van der Waals surface area contributed by atoms with Crippen molar-refractivity contribution in [2.75, 3.05) is 0 Å². The molecule has 0 aliphatic carbocycles. The van der Waals surface area contributed by atoms with E-state index in [2.05, 4.69) is 20.4 Å². The van der Waals surface area contributed by atoms with Gasteiger partial charge in [-0.2, -0.15) is 0 Å². The number of para-hydroxylation sites is 1. The Balaban J connectivity index is 1.52.